The van der Waals surface area contributed by atoms with E-state index in [2.05, 4.69) is 44.8 Å². The number of anilines is 1. The zero-order chi connectivity index (χ0) is 13.3. The highest BCUT2D eigenvalue weighted by molar-refractivity contribution is 7.22. The van der Waals surface area contributed by atoms with Gasteiger partial charge in [-0.25, -0.2) is 4.98 Å². The second-order valence-electron chi connectivity index (χ2n) is 5.27. The maximum atomic E-state index is 5.92. The van der Waals surface area contributed by atoms with Gasteiger partial charge in [0.05, 0.1) is 16.8 Å². The Balaban J connectivity index is 2.43. The number of rotatable bonds is 4. The van der Waals surface area contributed by atoms with Gasteiger partial charge in [0.1, 0.15) is 5.75 Å². The van der Waals surface area contributed by atoms with Crippen molar-refractivity contribution in [3.05, 3.63) is 17.7 Å². The minimum Gasteiger partial charge on any atom is -0.493 e. The Morgan fingerprint density at radius 2 is 2.00 bits per heavy atom. The van der Waals surface area contributed by atoms with Crippen molar-refractivity contribution in [2.75, 3.05) is 12.3 Å². The number of thiazole rings is 1. The van der Waals surface area contributed by atoms with Crippen LogP contribution in [0.5, 0.6) is 5.75 Å². The number of nitrogens with zero attached hydrogens (tertiary/aromatic N) is 1. The van der Waals surface area contributed by atoms with Crippen LogP contribution in [-0.4, -0.2) is 11.6 Å². The van der Waals surface area contributed by atoms with E-state index >= 15 is 0 Å². The molecule has 0 radical (unpaired) electrons. The molecule has 98 valence electrons. The Kier molecular flexibility index (Phi) is 3.76. The van der Waals surface area contributed by atoms with E-state index in [1.54, 1.807) is 0 Å². The summed E-state index contributed by atoms with van der Waals surface area (Å²) in [4.78, 5) is 4.33. The molecule has 2 N–H and O–H groups in total. The predicted molar refractivity (Wildman–Crippen MR) is 78.5 cm³/mol. The van der Waals surface area contributed by atoms with E-state index in [0.29, 0.717) is 17.0 Å². The van der Waals surface area contributed by atoms with Crippen molar-refractivity contribution in [2.24, 2.45) is 5.92 Å². The van der Waals surface area contributed by atoms with Crippen LogP contribution in [0.1, 0.15) is 39.2 Å². The summed E-state index contributed by atoms with van der Waals surface area (Å²) in [5.74, 6) is 1.90. The molecule has 3 nitrogen and oxygen atoms in total. The molecule has 0 saturated heterocycles. The second kappa shape index (κ2) is 5.14. The molecule has 0 saturated carbocycles. The molecule has 0 bridgehead atoms. The Morgan fingerprint density at radius 3 is 2.61 bits per heavy atom. The van der Waals surface area contributed by atoms with E-state index in [-0.39, 0.29) is 0 Å². The molecule has 0 amide bonds. The van der Waals surface area contributed by atoms with Crippen LogP contribution in [0.15, 0.2) is 12.1 Å². The van der Waals surface area contributed by atoms with Crippen molar-refractivity contribution in [2.45, 2.75) is 33.6 Å². The lowest BCUT2D eigenvalue weighted by Crippen LogP contribution is -2.06. The number of hydrogen-bond donors (Lipinski definition) is 1. The van der Waals surface area contributed by atoms with E-state index in [0.717, 1.165) is 22.6 Å². The highest BCUT2D eigenvalue weighted by Gasteiger charge is 2.13. The van der Waals surface area contributed by atoms with Crippen molar-refractivity contribution >= 4 is 26.7 Å². The molecule has 0 fully saturated rings. The average Bonchev–Trinajstić information content (AvgIpc) is 2.63. The van der Waals surface area contributed by atoms with Crippen LogP contribution in [-0.2, 0) is 0 Å². The van der Waals surface area contributed by atoms with Gasteiger partial charge in [0.25, 0.3) is 0 Å². The number of nitrogens with two attached hydrogens (primary N) is 1. The van der Waals surface area contributed by atoms with Crippen molar-refractivity contribution in [3.8, 4) is 5.75 Å². The maximum absolute atomic E-state index is 5.92. The zero-order valence-corrected chi connectivity index (χ0v) is 12.2. The number of ether oxygens (including phenoxy) is 1. The van der Waals surface area contributed by atoms with Crippen LogP contribution >= 0.6 is 11.3 Å². The van der Waals surface area contributed by atoms with Gasteiger partial charge in [-0.1, -0.05) is 39.0 Å². The fourth-order valence-corrected chi connectivity index (χ4v) is 2.57. The lowest BCUT2D eigenvalue weighted by atomic mass is 10.0. The van der Waals surface area contributed by atoms with Crippen molar-refractivity contribution in [1.82, 2.24) is 4.98 Å². The second-order valence-corrected chi connectivity index (χ2v) is 6.33. The minimum atomic E-state index is 0.416. The normalized spacial score (nSPS) is 11.7. The zero-order valence-electron chi connectivity index (χ0n) is 11.4. The number of hydrogen-bond acceptors (Lipinski definition) is 4. The molecule has 2 rings (SSSR count). The third-order valence-electron chi connectivity index (χ3n) is 2.73. The summed E-state index contributed by atoms with van der Waals surface area (Å²) in [5.41, 5.74) is 7.93. The van der Waals surface area contributed by atoms with Crippen LogP contribution in [0.4, 0.5) is 5.13 Å². The SMILES string of the molecule is CC(C)COc1cc2sc(N)nc2cc1C(C)C. The summed E-state index contributed by atoms with van der Waals surface area (Å²) >= 11 is 1.51. The lowest BCUT2D eigenvalue weighted by Gasteiger charge is -2.15. The number of benzene rings is 1. The lowest BCUT2D eigenvalue weighted by molar-refractivity contribution is 0.268. The summed E-state index contributed by atoms with van der Waals surface area (Å²) in [7, 11) is 0. The van der Waals surface area contributed by atoms with Crippen LogP contribution in [0, 0.1) is 5.92 Å². The summed E-state index contributed by atoms with van der Waals surface area (Å²) in [6.45, 7) is 9.37. The topological polar surface area (TPSA) is 48.1 Å². The largest absolute Gasteiger partial charge is 0.493 e. The Morgan fingerprint density at radius 1 is 1.28 bits per heavy atom. The fraction of sp³-hybridized carbons (Fsp3) is 0.500. The Labute approximate surface area is 112 Å². The van der Waals surface area contributed by atoms with Gasteiger partial charge in [-0.15, -0.1) is 0 Å². The van der Waals surface area contributed by atoms with Crippen molar-refractivity contribution < 1.29 is 4.74 Å². The molecule has 4 heteroatoms. The molecule has 0 unspecified atom stereocenters. The molecule has 1 aromatic heterocycles. The molecule has 1 heterocycles. The molecule has 2 aromatic rings. The standard InChI is InChI=1S/C14H20N2OS/c1-8(2)7-17-12-6-13-11(16-14(15)18-13)5-10(12)9(3)4/h5-6,8-9H,7H2,1-4H3,(H2,15,16). The number of nitrogen functional groups attached to an aromatic ring is 1. The first kappa shape index (κ1) is 13.1. The van der Waals surface area contributed by atoms with Gasteiger partial charge in [-0.3, -0.25) is 0 Å². The molecule has 0 aliphatic carbocycles. The van der Waals surface area contributed by atoms with Crippen LogP contribution in [0.2, 0.25) is 0 Å². The van der Waals surface area contributed by atoms with E-state index in [1.807, 2.05) is 0 Å². The molecule has 0 aliphatic rings. The van der Waals surface area contributed by atoms with Crippen LogP contribution < -0.4 is 10.5 Å². The van der Waals surface area contributed by atoms with Gasteiger partial charge in [-0.05, 0) is 29.5 Å². The van der Waals surface area contributed by atoms with Crippen molar-refractivity contribution in [1.29, 1.82) is 0 Å². The Hall–Kier alpha value is -1.29. The summed E-state index contributed by atoms with van der Waals surface area (Å²) in [6.07, 6.45) is 0. The molecule has 1 aromatic carbocycles. The quantitative estimate of drug-likeness (QED) is 0.906. The molecule has 18 heavy (non-hydrogen) atoms. The highest BCUT2D eigenvalue weighted by atomic mass is 32.1. The van der Waals surface area contributed by atoms with Gasteiger partial charge in [0.15, 0.2) is 5.13 Å². The minimum absolute atomic E-state index is 0.416. The number of fused-ring (bicyclic) bond motifs is 1. The van der Waals surface area contributed by atoms with Gasteiger partial charge in [0, 0.05) is 0 Å². The fourth-order valence-electron chi connectivity index (χ4n) is 1.82. The van der Waals surface area contributed by atoms with Gasteiger partial charge in [-0.2, -0.15) is 0 Å². The molecular weight excluding hydrogens is 244 g/mol. The summed E-state index contributed by atoms with van der Waals surface area (Å²) in [6, 6.07) is 4.17. The third kappa shape index (κ3) is 2.75. The van der Waals surface area contributed by atoms with Crippen molar-refractivity contribution in [3.63, 3.8) is 0 Å². The first-order valence-corrected chi connectivity index (χ1v) is 7.11. The van der Waals surface area contributed by atoms with E-state index in [9.17, 15) is 0 Å². The number of aromatic nitrogens is 1. The first-order valence-electron chi connectivity index (χ1n) is 6.30. The first-order chi connectivity index (χ1) is 8.47. The highest BCUT2D eigenvalue weighted by Crippen LogP contribution is 2.34. The van der Waals surface area contributed by atoms with Gasteiger partial charge < -0.3 is 10.5 Å². The third-order valence-corrected chi connectivity index (χ3v) is 3.58. The Bertz CT molecular complexity index is 546. The van der Waals surface area contributed by atoms with E-state index in [4.69, 9.17) is 10.5 Å². The van der Waals surface area contributed by atoms with Crippen LogP contribution in [0.25, 0.3) is 10.2 Å². The maximum Gasteiger partial charge on any atom is 0.181 e. The summed E-state index contributed by atoms with van der Waals surface area (Å²) in [5, 5.41) is 0.612. The van der Waals surface area contributed by atoms with E-state index in [1.165, 1.54) is 16.9 Å². The molecule has 0 atom stereocenters. The summed E-state index contributed by atoms with van der Waals surface area (Å²) < 4.78 is 7.01. The monoisotopic (exact) mass is 264 g/mol. The smallest absolute Gasteiger partial charge is 0.181 e. The predicted octanol–water partition coefficient (Wildman–Crippen LogP) is 4.04. The average molecular weight is 264 g/mol. The van der Waals surface area contributed by atoms with Gasteiger partial charge in [0.2, 0.25) is 0 Å². The van der Waals surface area contributed by atoms with E-state index < -0.39 is 0 Å². The van der Waals surface area contributed by atoms with Gasteiger partial charge >= 0.3 is 0 Å². The molecule has 0 aliphatic heterocycles. The molecule has 0 spiro atoms. The molecular formula is C14H20N2OS. The van der Waals surface area contributed by atoms with Crippen LogP contribution in [0.3, 0.4) is 0 Å².